The van der Waals surface area contributed by atoms with Crippen molar-refractivity contribution in [3.05, 3.63) is 28.2 Å². The summed E-state index contributed by atoms with van der Waals surface area (Å²) in [4.78, 5) is 12.0. The van der Waals surface area contributed by atoms with E-state index in [-0.39, 0.29) is 11.9 Å². The van der Waals surface area contributed by atoms with Crippen molar-refractivity contribution in [3.63, 3.8) is 0 Å². The van der Waals surface area contributed by atoms with Gasteiger partial charge in [-0.3, -0.25) is 4.79 Å². The number of rotatable bonds is 7. The van der Waals surface area contributed by atoms with E-state index in [0.717, 1.165) is 15.8 Å². The van der Waals surface area contributed by atoms with E-state index < -0.39 is 6.10 Å². The van der Waals surface area contributed by atoms with Crippen LogP contribution in [0.25, 0.3) is 0 Å². The number of benzene rings is 1. The molecule has 0 fully saturated rings. The number of nitrogens with one attached hydrogen (secondary N) is 2. The quantitative estimate of drug-likeness (QED) is 0.788. The standard InChI is InChI=1S/C16H25BrN2O2/c1-10(2)9-19-16(20)12(4)21-15-8-13(17)6-7-14(15)11(3)18-5/h6-8,10-12,18H,9H2,1-5H3,(H,19,20). The molecular formula is C16H25BrN2O2. The second kappa shape index (κ2) is 8.39. The molecule has 0 aliphatic rings. The van der Waals surface area contributed by atoms with Gasteiger partial charge in [-0.05, 0) is 38.9 Å². The Hall–Kier alpha value is -1.07. The van der Waals surface area contributed by atoms with Crippen LogP contribution in [0, 0.1) is 5.92 Å². The van der Waals surface area contributed by atoms with Crippen LogP contribution in [-0.4, -0.2) is 25.6 Å². The molecule has 0 saturated carbocycles. The SMILES string of the molecule is CNC(C)c1ccc(Br)cc1OC(C)C(=O)NCC(C)C. The molecule has 0 aromatic heterocycles. The summed E-state index contributed by atoms with van der Waals surface area (Å²) in [5, 5.41) is 6.08. The molecule has 21 heavy (non-hydrogen) atoms. The minimum Gasteiger partial charge on any atom is -0.481 e. The molecule has 0 radical (unpaired) electrons. The number of ether oxygens (including phenoxy) is 1. The van der Waals surface area contributed by atoms with Gasteiger partial charge in [-0.2, -0.15) is 0 Å². The van der Waals surface area contributed by atoms with Gasteiger partial charge in [0.25, 0.3) is 5.91 Å². The summed E-state index contributed by atoms with van der Waals surface area (Å²) in [6.45, 7) is 8.61. The fourth-order valence-corrected chi connectivity index (χ4v) is 2.16. The molecule has 1 aromatic rings. The lowest BCUT2D eigenvalue weighted by Gasteiger charge is -2.20. The number of amides is 1. The van der Waals surface area contributed by atoms with Crippen molar-refractivity contribution in [2.45, 2.75) is 39.8 Å². The minimum atomic E-state index is -0.527. The Morgan fingerprint density at radius 1 is 1.29 bits per heavy atom. The fraction of sp³-hybridized carbons (Fsp3) is 0.562. The summed E-state index contributed by atoms with van der Waals surface area (Å²) in [6, 6.07) is 6.02. The van der Waals surface area contributed by atoms with Gasteiger partial charge in [-0.25, -0.2) is 0 Å². The third-order valence-electron chi connectivity index (χ3n) is 3.23. The van der Waals surface area contributed by atoms with Crippen molar-refractivity contribution >= 4 is 21.8 Å². The first-order valence-electron chi connectivity index (χ1n) is 7.26. The first kappa shape index (κ1) is 18.0. The average molecular weight is 357 g/mol. The number of carbonyl (C=O) groups excluding carboxylic acids is 1. The van der Waals surface area contributed by atoms with E-state index in [1.54, 1.807) is 6.92 Å². The van der Waals surface area contributed by atoms with Gasteiger partial charge in [0.2, 0.25) is 0 Å². The van der Waals surface area contributed by atoms with Gasteiger partial charge in [0, 0.05) is 22.6 Å². The molecule has 1 rings (SSSR count). The van der Waals surface area contributed by atoms with E-state index in [4.69, 9.17) is 4.74 Å². The van der Waals surface area contributed by atoms with Gasteiger partial charge in [-0.1, -0.05) is 35.8 Å². The zero-order valence-electron chi connectivity index (χ0n) is 13.4. The van der Waals surface area contributed by atoms with E-state index in [1.807, 2.05) is 25.2 Å². The zero-order chi connectivity index (χ0) is 16.0. The number of halogens is 1. The summed E-state index contributed by atoms with van der Waals surface area (Å²) in [6.07, 6.45) is -0.527. The summed E-state index contributed by atoms with van der Waals surface area (Å²) in [7, 11) is 1.90. The lowest BCUT2D eigenvalue weighted by molar-refractivity contribution is -0.127. The monoisotopic (exact) mass is 356 g/mol. The van der Waals surface area contributed by atoms with Gasteiger partial charge in [-0.15, -0.1) is 0 Å². The highest BCUT2D eigenvalue weighted by Gasteiger charge is 2.18. The molecule has 0 aliphatic heterocycles. The Labute approximate surface area is 135 Å². The van der Waals surface area contributed by atoms with Crippen LogP contribution in [0.3, 0.4) is 0 Å². The van der Waals surface area contributed by atoms with E-state index in [9.17, 15) is 4.79 Å². The highest BCUT2D eigenvalue weighted by atomic mass is 79.9. The van der Waals surface area contributed by atoms with Crippen LogP contribution in [-0.2, 0) is 4.79 Å². The summed E-state index contributed by atoms with van der Waals surface area (Å²) < 4.78 is 6.79. The Kier molecular flexibility index (Phi) is 7.18. The maximum Gasteiger partial charge on any atom is 0.260 e. The average Bonchev–Trinajstić information content (AvgIpc) is 2.43. The third-order valence-corrected chi connectivity index (χ3v) is 3.73. The largest absolute Gasteiger partial charge is 0.481 e. The van der Waals surface area contributed by atoms with Crippen molar-refractivity contribution < 1.29 is 9.53 Å². The van der Waals surface area contributed by atoms with Gasteiger partial charge in [0.1, 0.15) is 5.75 Å². The lowest BCUT2D eigenvalue weighted by Crippen LogP contribution is -2.38. The molecule has 2 atom stereocenters. The molecule has 1 amide bonds. The molecule has 0 spiro atoms. The second-order valence-electron chi connectivity index (χ2n) is 5.59. The van der Waals surface area contributed by atoms with Gasteiger partial charge in [0.15, 0.2) is 6.10 Å². The van der Waals surface area contributed by atoms with Crippen LogP contribution in [0.5, 0.6) is 5.75 Å². The van der Waals surface area contributed by atoms with E-state index in [2.05, 4.69) is 47.3 Å². The maximum atomic E-state index is 12.0. The van der Waals surface area contributed by atoms with Gasteiger partial charge in [0.05, 0.1) is 0 Å². The van der Waals surface area contributed by atoms with Crippen molar-refractivity contribution in [2.24, 2.45) is 5.92 Å². The van der Waals surface area contributed by atoms with E-state index in [0.29, 0.717) is 12.5 Å². The van der Waals surface area contributed by atoms with Crippen molar-refractivity contribution in [1.82, 2.24) is 10.6 Å². The number of hydrogen-bond donors (Lipinski definition) is 2. The van der Waals surface area contributed by atoms with Crippen LogP contribution in [0.15, 0.2) is 22.7 Å². The highest BCUT2D eigenvalue weighted by Crippen LogP contribution is 2.29. The molecule has 0 bridgehead atoms. The molecule has 2 unspecified atom stereocenters. The number of carbonyl (C=O) groups is 1. The highest BCUT2D eigenvalue weighted by molar-refractivity contribution is 9.10. The lowest BCUT2D eigenvalue weighted by atomic mass is 10.1. The van der Waals surface area contributed by atoms with Crippen LogP contribution in [0.2, 0.25) is 0 Å². The van der Waals surface area contributed by atoms with Crippen LogP contribution in [0.4, 0.5) is 0 Å². The first-order chi connectivity index (χ1) is 9.85. The molecule has 0 aliphatic carbocycles. The summed E-state index contributed by atoms with van der Waals surface area (Å²) in [5.74, 6) is 1.05. The molecule has 0 saturated heterocycles. The molecule has 118 valence electrons. The van der Waals surface area contributed by atoms with Crippen molar-refractivity contribution in [2.75, 3.05) is 13.6 Å². The molecule has 4 nitrogen and oxygen atoms in total. The Morgan fingerprint density at radius 3 is 2.52 bits per heavy atom. The molecule has 5 heteroatoms. The zero-order valence-corrected chi connectivity index (χ0v) is 15.0. The minimum absolute atomic E-state index is 0.0910. The summed E-state index contributed by atoms with van der Waals surface area (Å²) >= 11 is 3.44. The molecule has 0 heterocycles. The van der Waals surface area contributed by atoms with E-state index in [1.165, 1.54) is 0 Å². The second-order valence-corrected chi connectivity index (χ2v) is 6.51. The normalized spacial score (nSPS) is 13.9. The fourth-order valence-electron chi connectivity index (χ4n) is 1.82. The molecule has 2 N–H and O–H groups in total. The Bertz CT molecular complexity index is 477. The Balaban J connectivity index is 2.81. The predicted molar refractivity (Wildman–Crippen MR) is 89.6 cm³/mol. The van der Waals surface area contributed by atoms with Crippen molar-refractivity contribution in [3.8, 4) is 5.75 Å². The smallest absolute Gasteiger partial charge is 0.260 e. The first-order valence-corrected chi connectivity index (χ1v) is 8.05. The van der Waals surface area contributed by atoms with Crippen LogP contribution in [0.1, 0.15) is 39.3 Å². The maximum absolute atomic E-state index is 12.0. The predicted octanol–water partition coefficient (Wildman–Crippen LogP) is 3.27. The molecule has 1 aromatic carbocycles. The van der Waals surface area contributed by atoms with Gasteiger partial charge >= 0.3 is 0 Å². The van der Waals surface area contributed by atoms with Crippen LogP contribution < -0.4 is 15.4 Å². The van der Waals surface area contributed by atoms with Gasteiger partial charge < -0.3 is 15.4 Å². The molecular weight excluding hydrogens is 332 g/mol. The topological polar surface area (TPSA) is 50.4 Å². The van der Waals surface area contributed by atoms with E-state index >= 15 is 0 Å². The van der Waals surface area contributed by atoms with Crippen LogP contribution >= 0.6 is 15.9 Å². The summed E-state index contributed by atoms with van der Waals surface area (Å²) in [5.41, 5.74) is 1.03. The third kappa shape index (κ3) is 5.67. The Morgan fingerprint density at radius 2 is 1.95 bits per heavy atom. The number of hydrogen-bond acceptors (Lipinski definition) is 3. The van der Waals surface area contributed by atoms with Crippen molar-refractivity contribution in [1.29, 1.82) is 0 Å².